The van der Waals surface area contributed by atoms with Crippen LogP contribution < -0.4 is 10.5 Å². The molecule has 1 aromatic carbocycles. The Balaban J connectivity index is 2.19. The van der Waals surface area contributed by atoms with E-state index in [0.717, 1.165) is 0 Å². The summed E-state index contributed by atoms with van der Waals surface area (Å²) in [7, 11) is 0. The summed E-state index contributed by atoms with van der Waals surface area (Å²) in [6, 6.07) is 4.14. The van der Waals surface area contributed by atoms with Gasteiger partial charge in [-0.25, -0.2) is 9.37 Å². The molecule has 2 aromatic rings. The molecule has 0 fully saturated rings. The zero-order valence-electron chi connectivity index (χ0n) is 8.73. The van der Waals surface area contributed by atoms with Crippen LogP contribution in [0.1, 0.15) is 5.69 Å². The number of hydrogen-bond acceptors (Lipinski definition) is 4. The highest BCUT2D eigenvalue weighted by Crippen LogP contribution is 2.28. The van der Waals surface area contributed by atoms with E-state index < -0.39 is 0 Å². The molecule has 0 spiro atoms. The van der Waals surface area contributed by atoms with Gasteiger partial charge in [0.2, 0.25) is 5.88 Å². The van der Waals surface area contributed by atoms with E-state index in [0.29, 0.717) is 28.3 Å². The average Bonchev–Trinajstić information content (AvgIpc) is 2.34. The minimum absolute atomic E-state index is 0.327. The van der Waals surface area contributed by atoms with Crippen molar-refractivity contribution in [1.82, 2.24) is 9.97 Å². The topological polar surface area (TPSA) is 61.0 Å². The Morgan fingerprint density at radius 2 is 2.12 bits per heavy atom. The second-order valence-electron chi connectivity index (χ2n) is 3.23. The number of rotatable bonds is 3. The van der Waals surface area contributed by atoms with Crippen molar-refractivity contribution < 1.29 is 9.13 Å². The molecular weight excluding hydrogens is 289 g/mol. The molecule has 0 aliphatic heterocycles. The number of benzene rings is 1. The predicted octanol–water partition coefficient (Wildman–Crippen LogP) is 2.63. The zero-order valence-corrected chi connectivity index (χ0v) is 10.3. The van der Waals surface area contributed by atoms with Crippen molar-refractivity contribution >= 4 is 15.9 Å². The summed E-state index contributed by atoms with van der Waals surface area (Å²) >= 11 is 3.20. The minimum Gasteiger partial charge on any atom is -0.436 e. The molecule has 0 saturated heterocycles. The molecule has 0 aliphatic carbocycles. The van der Waals surface area contributed by atoms with Gasteiger partial charge in [0.1, 0.15) is 11.6 Å². The Bertz CT molecular complexity index is 519. The number of halogens is 2. The largest absolute Gasteiger partial charge is 0.436 e. The molecule has 88 valence electrons. The summed E-state index contributed by atoms with van der Waals surface area (Å²) in [4.78, 5) is 8.07. The first-order valence-corrected chi connectivity index (χ1v) is 5.62. The lowest BCUT2D eigenvalue weighted by atomic mass is 10.3. The van der Waals surface area contributed by atoms with Crippen LogP contribution in [0.25, 0.3) is 0 Å². The first-order valence-electron chi connectivity index (χ1n) is 4.83. The minimum atomic E-state index is -0.339. The third-order valence-electron chi connectivity index (χ3n) is 2.00. The van der Waals surface area contributed by atoms with Gasteiger partial charge in [-0.15, -0.1) is 0 Å². The summed E-state index contributed by atoms with van der Waals surface area (Å²) in [6.07, 6.45) is 3.00. The molecule has 6 heteroatoms. The van der Waals surface area contributed by atoms with Crippen molar-refractivity contribution in [3.63, 3.8) is 0 Å². The quantitative estimate of drug-likeness (QED) is 0.946. The van der Waals surface area contributed by atoms with Crippen LogP contribution in [0.3, 0.4) is 0 Å². The van der Waals surface area contributed by atoms with E-state index in [9.17, 15) is 4.39 Å². The smallest absolute Gasteiger partial charge is 0.237 e. The molecule has 1 heterocycles. The SMILES string of the molecule is NCc1cnc(Oc2ccc(F)cc2Br)cn1. The molecule has 0 saturated carbocycles. The molecule has 0 bridgehead atoms. The van der Waals surface area contributed by atoms with Gasteiger partial charge in [0.05, 0.1) is 22.6 Å². The lowest BCUT2D eigenvalue weighted by Gasteiger charge is -2.06. The molecule has 0 atom stereocenters. The van der Waals surface area contributed by atoms with E-state index in [2.05, 4.69) is 25.9 Å². The van der Waals surface area contributed by atoms with Gasteiger partial charge in [0.15, 0.2) is 0 Å². The van der Waals surface area contributed by atoms with E-state index in [1.807, 2.05) is 0 Å². The molecule has 0 unspecified atom stereocenters. The van der Waals surface area contributed by atoms with Crippen LogP contribution in [0, 0.1) is 5.82 Å². The van der Waals surface area contributed by atoms with E-state index in [-0.39, 0.29) is 5.82 Å². The lowest BCUT2D eigenvalue weighted by Crippen LogP contribution is -2.00. The number of hydrogen-bond donors (Lipinski definition) is 1. The van der Waals surface area contributed by atoms with Crippen LogP contribution >= 0.6 is 15.9 Å². The number of ether oxygens (including phenoxy) is 1. The highest BCUT2D eigenvalue weighted by molar-refractivity contribution is 9.10. The van der Waals surface area contributed by atoms with Crippen LogP contribution in [0.5, 0.6) is 11.6 Å². The van der Waals surface area contributed by atoms with Crippen molar-refractivity contribution in [2.45, 2.75) is 6.54 Å². The maximum Gasteiger partial charge on any atom is 0.237 e. The van der Waals surface area contributed by atoms with E-state index in [4.69, 9.17) is 10.5 Å². The van der Waals surface area contributed by atoms with Crippen LogP contribution in [0.4, 0.5) is 4.39 Å². The Labute approximate surface area is 106 Å². The normalized spacial score (nSPS) is 10.3. The van der Waals surface area contributed by atoms with Crippen molar-refractivity contribution in [1.29, 1.82) is 0 Å². The molecule has 0 aliphatic rings. The number of aromatic nitrogens is 2. The molecule has 0 amide bonds. The summed E-state index contributed by atoms with van der Waals surface area (Å²) in [5, 5.41) is 0. The number of nitrogens with two attached hydrogens (primary N) is 1. The van der Waals surface area contributed by atoms with Gasteiger partial charge in [0.25, 0.3) is 0 Å². The fourth-order valence-corrected chi connectivity index (χ4v) is 1.60. The maximum absolute atomic E-state index is 12.9. The standard InChI is InChI=1S/C11H9BrFN3O/c12-9-3-7(13)1-2-10(9)17-11-6-15-8(4-14)5-16-11/h1-3,5-6H,4,14H2. The van der Waals surface area contributed by atoms with Crippen molar-refractivity contribution in [2.75, 3.05) is 0 Å². The molecular formula is C11H9BrFN3O. The van der Waals surface area contributed by atoms with Gasteiger partial charge in [-0.05, 0) is 34.1 Å². The van der Waals surface area contributed by atoms with Crippen molar-refractivity contribution in [3.05, 3.63) is 46.6 Å². The van der Waals surface area contributed by atoms with Gasteiger partial charge < -0.3 is 10.5 Å². The molecule has 0 radical (unpaired) electrons. The van der Waals surface area contributed by atoms with Crippen LogP contribution in [-0.2, 0) is 6.54 Å². The van der Waals surface area contributed by atoms with Gasteiger partial charge >= 0.3 is 0 Å². The Hall–Kier alpha value is -1.53. The van der Waals surface area contributed by atoms with Crippen LogP contribution in [0.15, 0.2) is 35.1 Å². The monoisotopic (exact) mass is 297 g/mol. The van der Waals surface area contributed by atoms with Gasteiger partial charge in [-0.3, -0.25) is 4.98 Å². The third kappa shape index (κ3) is 2.98. The van der Waals surface area contributed by atoms with Crippen molar-refractivity contribution in [2.24, 2.45) is 5.73 Å². The molecule has 1 aromatic heterocycles. The molecule has 4 nitrogen and oxygen atoms in total. The summed E-state index contributed by atoms with van der Waals surface area (Å²) in [5.41, 5.74) is 6.08. The zero-order chi connectivity index (χ0) is 12.3. The molecule has 2 N–H and O–H groups in total. The van der Waals surface area contributed by atoms with Crippen molar-refractivity contribution in [3.8, 4) is 11.6 Å². The average molecular weight is 298 g/mol. The van der Waals surface area contributed by atoms with Gasteiger partial charge in [-0.2, -0.15) is 0 Å². The fourth-order valence-electron chi connectivity index (χ4n) is 1.17. The first kappa shape index (κ1) is 11.9. The number of nitrogens with zero attached hydrogens (tertiary/aromatic N) is 2. The van der Waals surface area contributed by atoms with E-state index in [1.165, 1.54) is 30.6 Å². The predicted molar refractivity (Wildman–Crippen MR) is 64.1 cm³/mol. The Morgan fingerprint density at radius 1 is 1.29 bits per heavy atom. The summed E-state index contributed by atoms with van der Waals surface area (Å²) in [5.74, 6) is 0.462. The van der Waals surface area contributed by atoms with Gasteiger partial charge in [0, 0.05) is 6.54 Å². The second kappa shape index (κ2) is 5.20. The van der Waals surface area contributed by atoms with Gasteiger partial charge in [-0.1, -0.05) is 0 Å². The Kier molecular flexibility index (Phi) is 3.65. The summed E-state index contributed by atoms with van der Waals surface area (Å²) in [6.45, 7) is 0.327. The Morgan fingerprint density at radius 3 is 2.71 bits per heavy atom. The van der Waals surface area contributed by atoms with E-state index >= 15 is 0 Å². The second-order valence-corrected chi connectivity index (χ2v) is 4.08. The highest BCUT2D eigenvalue weighted by Gasteiger charge is 2.05. The lowest BCUT2D eigenvalue weighted by molar-refractivity contribution is 0.454. The van der Waals surface area contributed by atoms with Crippen LogP contribution in [-0.4, -0.2) is 9.97 Å². The molecule has 17 heavy (non-hydrogen) atoms. The fraction of sp³-hybridized carbons (Fsp3) is 0.0909. The van der Waals surface area contributed by atoms with E-state index in [1.54, 1.807) is 0 Å². The van der Waals surface area contributed by atoms with Crippen LogP contribution in [0.2, 0.25) is 0 Å². The third-order valence-corrected chi connectivity index (χ3v) is 2.62. The first-order chi connectivity index (χ1) is 8.19. The maximum atomic E-state index is 12.9. The summed E-state index contributed by atoms with van der Waals surface area (Å²) < 4.78 is 18.8. The highest BCUT2D eigenvalue weighted by atomic mass is 79.9. The molecule has 2 rings (SSSR count).